The molecule has 1 nitrogen and oxygen atoms in total. The van der Waals surface area contributed by atoms with Crippen LogP contribution in [0.3, 0.4) is 0 Å². The molecule has 0 aromatic heterocycles. The van der Waals surface area contributed by atoms with Gasteiger partial charge in [-0.1, -0.05) is 24.3 Å². The van der Waals surface area contributed by atoms with Crippen LogP contribution in [-0.4, -0.2) is 0 Å². The van der Waals surface area contributed by atoms with Gasteiger partial charge >= 0.3 is 12.4 Å². The van der Waals surface area contributed by atoms with Gasteiger partial charge in [0.05, 0.1) is 11.1 Å². The molecule has 0 spiro atoms. The van der Waals surface area contributed by atoms with Crippen LogP contribution in [0.4, 0.5) is 32.0 Å². The number of hydrogen-bond acceptors (Lipinski definition) is 1. The van der Waals surface area contributed by atoms with Gasteiger partial charge in [0.2, 0.25) is 0 Å². The first-order chi connectivity index (χ1) is 9.60. The third-order valence-corrected chi connectivity index (χ3v) is 2.87. The van der Waals surface area contributed by atoms with E-state index in [-0.39, 0.29) is 5.69 Å². The summed E-state index contributed by atoms with van der Waals surface area (Å²) in [6.45, 7) is 0. The summed E-state index contributed by atoms with van der Waals surface area (Å²) >= 11 is 0. The summed E-state index contributed by atoms with van der Waals surface area (Å²) in [6.07, 6.45) is -9.55. The lowest BCUT2D eigenvalue weighted by atomic mass is 9.94. The summed E-state index contributed by atoms with van der Waals surface area (Å²) in [4.78, 5) is 0. The molecule has 0 bridgehead atoms. The van der Waals surface area contributed by atoms with E-state index in [0.29, 0.717) is 6.07 Å². The van der Waals surface area contributed by atoms with Crippen LogP contribution in [0.5, 0.6) is 0 Å². The average molecular weight is 305 g/mol. The normalized spacial score (nSPS) is 12.5. The Kier molecular flexibility index (Phi) is 3.61. The second-order valence-electron chi connectivity index (χ2n) is 4.35. The Hall–Kier alpha value is -2.18. The van der Waals surface area contributed by atoms with E-state index in [1.807, 2.05) is 0 Å². The zero-order valence-electron chi connectivity index (χ0n) is 10.4. The van der Waals surface area contributed by atoms with E-state index in [1.54, 1.807) is 0 Å². The lowest BCUT2D eigenvalue weighted by molar-refractivity contribution is -0.139. The first-order valence-electron chi connectivity index (χ1n) is 5.74. The molecule has 7 heteroatoms. The van der Waals surface area contributed by atoms with Gasteiger partial charge in [-0.25, -0.2) is 0 Å². The van der Waals surface area contributed by atoms with Gasteiger partial charge in [0.15, 0.2) is 0 Å². The van der Waals surface area contributed by atoms with Crippen molar-refractivity contribution >= 4 is 5.69 Å². The molecule has 0 aliphatic carbocycles. The quantitative estimate of drug-likeness (QED) is 0.584. The number of anilines is 1. The molecule has 0 unspecified atom stereocenters. The molecule has 21 heavy (non-hydrogen) atoms. The predicted octanol–water partition coefficient (Wildman–Crippen LogP) is 4.97. The lowest BCUT2D eigenvalue weighted by Gasteiger charge is -2.17. The molecule has 112 valence electrons. The zero-order chi connectivity index (χ0) is 15.8. The Morgan fingerprint density at radius 3 is 1.76 bits per heavy atom. The molecule has 0 saturated heterocycles. The van der Waals surface area contributed by atoms with Crippen molar-refractivity contribution in [2.24, 2.45) is 0 Å². The topological polar surface area (TPSA) is 26.0 Å². The molecule has 2 aromatic rings. The van der Waals surface area contributed by atoms with Crippen molar-refractivity contribution in [2.75, 3.05) is 5.73 Å². The highest BCUT2D eigenvalue weighted by Gasteiger charge is 2.38. The number of rotatable bonds is 1. The fourth-order valence-electron chi connectivity index (χ4n) is 2.00. The van der Waals surface area contributed by atoms with Gasteiger partial charge in [-0.3, -0.25) is 0 Å². The van der Waals surface area contributed by atoms with Crippen LogP contribution in [0.2, 0.25) is 0 Å². The number of halogens is 6. The molecule has 2 N–H and O–H groups in total. The van der Waals surface area contributed by atoms with Crippen LogP contribution in [0.25, 0.3) is 11.1 Å². The van der Waals surface area contributed by atoms with Crippen molar-refractivity contribution in [3.63, 3.8) is 0 Å². The Balaban J connectivity index is 2.75. The molecule has 2 aromatic carbocycles. The standard InChI is InChI=1S/C14H9F6N/c15-13(16,17)11-4-2-1-3-9(11)10-6-5-8(21)7-12(10)14(18,19)20/h1-7H,21H2. The van der Waals surface area contributed by atoms with Crippen LogP contribution in [0.15, 0.2) is 42.5 Å². The fraction of sp³-hybridized carbons (Fsp3) is 0.143. The highest BCUT2D eigenvalue weighted by Crippen LogP contribution is 2.42. The van der Waals surface area contributed by atoms with Crippen molar-refractivity contribution in [3.05, 3.63) is 53.6 Å². The predicted molar refractivity (Wildman–Crippen MR) is 66.3 cm³/mol. The monoisotopic (exact) mass is 305 g/mol. The van der Waals surface area contributed by atoms with E-state index in [0.717, 1.165) is 30.3 Å². The molecule has 0 aliphatic heterocycles. The van der Waals surface area contributed by atoms with Crippen LogP contribution in [-0.2, 0) is 12.4 Å². The lowest BCUT2D eigenvalue weighted by Crippen LogP contribution is -2.11. The molecule has 0 atom stereocenters. The van der Waals surface area contributed by atoms with Gasteiger partial charge in [-0.2, -0.15) is 26.3 Å². The van der Waals surface area contributed by atoms with Gasteiger partial charge in [-0.15, -0.1) is 0 Å². The maximum Gasteiger partial charge on any atom is 0.417 e. The second-order valence-corrected chi connectivity index (χ2v) is 4.35. The van der Waals surface area contributed by atoms with Gasteiger partial charge in [0.1, 0.15) is 0 Å². The molecule has 0 saturated carbocycles. The first kappa shape index (κ1) is 15.2. The van der Waals surface area contributed by atoms with Crippen LogP contribution in [0, 0.1) is 0 Å². The third kappa shape index (κ3) is 3.12. The van der Waals surface area contributed by atoms with Crippen molar-refractivity contribution < 1.29 is 26.3 Å². The number of benzene rings is 2. The molecule has 0 heterocycles. The second kappa shape index (κ2) is 4.98. The van der Waals surface area contributed by atoms with Crippen LogP contribution >= 0.6 is 0 Å². The van der Waals surface area contributed by atoms with E-state index in [9.17, 15) is 26.3 Å². The maximum absolute atomic E-state index is 13.0. The van der Waals surface area contributed by atoms with E-state index in [4.69, 9.17) is 5.73 Å². The minimum Gasteiger partial charge on any atom is -0.399 e. The fourth-order valence-corrected chi connectivity index (χ4v) is 2.00. The first-order valence-corrected chi connectivity index (χ1v) is 5.74. The smallest absolute Gasteiger partial charge is 0.399 e. The summed E-state index contributed by atoms with van der Waals surface area (Å²) in [7, 11) is 0. The van der Waals surface area contributed by atoms with E-state index < -0.39 is 34.6 Å². The molecule has 0 aliphatic rings. The van der Waals surface area contributed by atoms with Crippen LogP contribution in [0.1, 0.15) is 11.1 Å². The molecule has 0 radical (unpaired) electrons. The number of nitrogen functional groups attached to an aromatic ring is 1. The summed E-state index contributed by atoms with van der Waals surface area (Å²) in [6, 6.07) is 6.83. The van der Waals surface area contributed by atoms with Crippen molar-refractivity contribution in [2.45, 2.75) is 12.4 Å². The Bertz CT molecular complexity index is 657. The SMILES string of the molecule is Nc1ccc(-c2ccccc2C(F)(F)F)c(C(F)(F)F)c1. The minimum absolute atomic E-state index is 0.171. The van der Waals surface area contributed by atoms with Gasteiger partial charge in [-0.05, 0) is 29.3 Å². The van der Waals surface area contributed by atoms with E-state index >= 15 is 0 Å². The number of alkyl halides is 6. The molecule has 0 amide bonds. The summed E-state index contributed by atoms with van der Waals surface area (Å²) < 4.78 is 77.8. The molecular weight excluding hydrogens is 296 g/mol. The molecular formula is C14H9F6N. The molecule has 0 fully saturated rings. The average Bonchev–Trinajstić information content (AvgIpc) is 2.36. The van der Waals surface area contributed by atoms with Crippen molar-refractivity contribution in [3.8, 4) is 11.1 Å². The Morgan fingerprint density at radius 2 is 1.19 bits per heavy atom. The Labute approximate surface area is 116 Å². The summed E-state index contributed by atoms with van der Waals surface area (Å²) in [5, 5.41) is 0. The van der Waals surface area contributed by atoms with Gasteiger partial charge < -0.3 is 5.73 Å². The van der Waals surface area contributed by atoms with E-state index in [2.05, 4.69) is 0 Å². The van der Waals surface area contributed by atoms with Crippen LogP contribution < -0.4 is 5.73 Å². The maximum atomic E-state index is 13.0. The molecule has 2 rings (SSSR count). The summed E-state index contributed by atoms with van der Waals surface area (Å²) in [5.41, 5.74) is 1.73. The summed E-state index contributed by atoms with van der Waals surface area (Å²) in [5.74, 6) is 0. The number of nitrogens with two attached hydrogens (primary N) is 1. The highest BCUT2D eigenvalue weighted by atomic mass is 19.4. The van der Waals surface area contributed by atoms with E-state index in [1.165, 1.54) is 6.07 Å². The van der Waals surface area contributed by atoms with Gasteiger partial charge in [0.25, 0.3) is 0 Å². The minimum atomic E-state index is -4.80. The number of hydrogen-bond donors (Lipinski definition) is 1. The third-order valence-electron chi connectivity index (χ3n) is 2.87. The Morgan fingerprint density at radius 1 is 0.667 bits per heavy atom. The highest BCUT2D eigenvalue weighted by molar-refractivity contribution is 5.73. The van der Waals surface area contributed by atoms with Crippen molar-refractivity contribution in [1.82, 2.24) is 0 Å². The van der Waals surface area contributed by atoms with Gasteiger partial charge in [0, 0.05) is 5.69 Å². The zero-order valence-corrected chi connectivity index (χ0v) is 10.4. The largest absolute Gasteiger partial charge is 0.417 e. The van der Waals surface area contributed by atoms with Crippen molar-refractivity contribution in [1.29, 1.82) is 0 Å².